The molecule has 1 rings (SSSR count). The average molecular weight is 246 g/mol. The van der Waals surface area contributed by atoms with E-state index in [1.165, 1.54) is 19.2 Å². The number of nitrogens with two attached hydrogens (primary N) is 1. The molecule has 0 heterocycles. The predicted molar refractivity (Wildman–Crippen MR) is 59.8 cm³/mol. The van der Waals surface area contributed by atoms with Gasteiger partial charge in [0, 0.05) is 16.5 Å². The van der Waals surface area contributed by atoms with Crippen LogP contribution in [0.3, 0.4) is 0 Å². The minimum atomic E-state index is -0.457. The summed E-state index contributed by atoms with van der Waals surface area (Å²) in [5.41, 5.74) is 5.79. The number of halogens is 2. The Morgan fingerprint density at radius 1 is 1.62 bits per heavy atom. The van der Waals surface area contributed by atoms with Crippen LogP contribution in [0.4, 0.5) is 4.39 Å². The summed E-state index contributed by atoms with van der Waals surface area (Å²) < 4.78 is 18.1. The normalized spacial score (nSPS) is 12.2. The lowest BCUT2D eigenvalue weighted by atomic mass is 9.95. The molecule has 0 fully saturated rings. The Morgan fingerprint density at radius 3 is 2.81 bits per heavy atom. The van der Waals surface area contributed by atoms with Crippen LogP contribution in [-0.2, 0) is 9.53 Å². The van der Waals surface area contributed by atoms with E-state index in [1.54, 1.807) is 6.07 Å². The van der Waals surface area contributed by atoms with Gasteiger partial charge >= 0.3 is 5.97 Å². The second-order valence-corrected chi connectivity index (χ2v) is 3.76. The number of benzene rings is 1. The van der Waals surface area contributed by atoms with Gasteiger partial charge in [-0.2, -0.15) is 0 Å². The predicted octanol–water partition coefficient (Wildman–Crippen LogP) is 2.08. The van der Waals surface area contributed by atoms with Gasteiger partial charge in [-0.25, -0.2) is 4.39 Å². The zero-order valence-corrected chi connectivity index (χ0v) is 9.63. The van der Waals surface area contributed by atoms with Crippen LogP contribution in [0, 0.1) is 5.82 Å². The first kappa shape index (κ1) is 12.9. The number of hydrogen-bond donors (Lipinski definition) is 1. The van der Waals surface area contributed by atoms with Crippen LogP contribution in [0.25, 0.3) is 0 Å². The molecule has 0 saturated carbocycles. The first-order chi connectivity index (χ1) is 7.60. The standard InChI is InChI=1S/C11H13ClFNO2/c1-16-10(15)5-7(6-14)11-8(12)3-2-4-9(11)13/h2-4,7H,5-6,14H2,1H3. The quantitative estimate of drug-likeness (QED) is 0.827. The summed E-state index contributed by atoms with van der Waals surface area (Å²) in [6.45, 7) is 0.135. The molecule has 0 saturated heterocycles. The second-order valence-electron chi connectivity index (χ2n) is 3.35. The van der Waals surface area contributed by atoms with Crippen molar-refractivity contribution >= 4 is 17.6 Å². The monoisotopic (exact) mass is 245 g/mol. The van der Waals surface area contributed by atoms with Gasteiger partial charge in [0.1, 0.15) is 5.82 Å². The topological polar surface area (TPSA) is 52.3 Å². The van der Waals surface area contributed by atoms with Gasteiger partial charge in [-0.15, -0.1) is 0 Å². The van der Waals surface area contributed by atoms with Crippen LogP contribution in [-0.4, -0.2) is 19.6 Å². The number of carbonyl (C=O) groups is 1. The Hall–Kier alpha value is -1.13. The molecule has 0 aromatic heterocycles. The fourth-order valence-electron chi connectivity index (χ4n) is 1.49. The maximum atomic E-state index is 13.5. The van der Waals surface area contributed by atoms with Gasteiger partial charge in [-0.05, 0) is 18.7 Å². The molecule has 0 spiro atoms. The zero-order valence-electron chi connectivity index (χ0n) is 8.87. The maximum Gasteiger partial charge on any atom is 0.306 e. The van der Waals surface area contributed by atoms with Gasteiger partial charge in [0.25, 0.3) is 0 Å². The summed E-state index contributed by atoms with van der Waals surface area (Å²) in [5, 5.41) is 0.277. The molecular weight excluding hydrogens is 233 g/mol. The van der Waals surface area contributed by atoms with Gasteiger partial charge in [0.15, 0.2) is 0 Å². The van der Waals surface area contributed by atoms with Crippen molar-refractivity contribution in [2.75, 3.05) is 13.7 Å². The Balaban J connectivity index is 2.99. The van der Waals surface area contributed by atoms with E-state index in [4.69, 9.17) is 17.3 Å². The van der Waals surface area contributed by atoms with E-state index in [0.717, 1.165) is 0 Å². The van der Waals surface area contributed by atoms with Crippen molar-refractivity contribution in [3.05, 3.63) is 34.6 Å². The summed E-state index contributed by atoms with van der Waals surface area (Å²) in [4.78, 5) is 11.1. The van der Waals surface area contributed by atoms with Crippen molar-refractivity contribution in [1.29, 1.82) is 0 Å². The molecule has 3 nitrogen and oxygen atoms in total. The minimum absolute atomic E-state index is 0.0215. The van der Waals surface area contributed by atoms with Gasteiger partial charge in [-0.1, -0.05) is 17.7 Å². The van der Waals surface area contributed by atoms with E-state index in [1.807, 2.05) is 0 Å². The van der Waals surface area contributed by atoms with Crippen LogP contribution in [0.15, 0.2) is 18.2 Å². The highest BCUT2D eigenvalue weighted by Gasteiger charge is 2.20. The largest absolute Gasteiger partial charge is 0.469 e. The van der Waals surface area contributed by atoms with Crippen LogP contribution in [0.5, 0.6) is 0 Å². The highest BCUT2D eigenvalue weighted by atomic mass is 35.5. The summed E-state index contributed by atoms with van der Waals surface area (Å²) in [6, 6.07) is 4.37. The molecule has 0 amide bonds. The fraction of sp³-hybridized carbons (Fsp3) is 0.364. The summed E-state index contributed by atoms with van der Waals surface area (Å²) >= 11 is 5.88. The molecule has 1 unspecified atom stereocenters. The van der Waals surface area contributed by atoms with Crippen molar-refractivity contribution in [3.8, 4) is 0 Å². The molecule has 0 radical (unpaired) electrons. The first-order valence-corrected chi connectivity index (χ1v) is 5.18. The Kier molecular flexibility index (Phi) is 4.71. The molecule has 88 valence electrons. The molecule has 0 aliphatic carbocycles. The van der Waals surface area contributed by atoms with E-state index in [2.05, 4.69) is 4.74 Å². The average Bonchev–Trinajstić information content (AvgIpc) is 2.27. The molecule has 0 aliphatic rings. The van der Waals surface area contributed by atoms with E-state index in [0.29, 0.717) is 0 Å². The smallest absolute Gasteiger partial charge is 0.306 e. The van der Waals surface area contributed by atoms with Crippen LogP contribution in [0.1, 0.15) is 17.9 Å². The molecule has 0 aliphatic heterocycles. The van der Waals surface area contributed by atoms with Gasteiger partial charge < -0.3 is 10.5 Å². The third-order valence-corrected chi connectivity index (χ3v) is 2.66. The maximum absolute atomic E-state index is 13.5. The molecule has 1 atom stereocenters. The third-order valence-electron chi connectivity index (χ3n) is 2.33. The Bertz CT molecular complexity index is 364. The number of methoxy groups -OCH3 is 1. The summed E-state index contributed by atoms with van der Waals surface area (Å²) in [6.07, 6.45) is 0.0215. The molecule has 1 aromatic carbocycles. The van der Waals surface area contributed by atoms with Crippen molar-refractivity contribution < 1.29 is 13.9 Å². The van der Waals surface area contributed by atoms with Crippen molar-refractivity contribution in [1.82, 2.24) is 0 Å². The minimum Gasteiger partial charge on any atom is -0.469 e. The number of hydrogen-bond acceptors (Lipinski definition) is 3. The number of carbonyl (C=O) groups excluding carboxylic acids is 1. The molecule has 0 bridgehead atoms. The third kappa shape index (κ3) is 2.93. The highest BCUT2D eigenvalue weighted by Crippen LogP contribution is 2.29. The second kappa shape index (κ2) is 5.82. The number of esters is 1. The number of ether oxygens (including phenoxy) is 1. The van der Waals surface area contributed by atoms with Crippen LogP contribution in [0.2, 0.25) is 5.02 Å². The van der Waals surface area contributed by atoms with Crippen molar-refractivity contribution in [2.24, 2.45) is 5.73 Å². The van der Waals surface area contributed by atoms with Crippen molar-refractivity contribution in [2.45, 2.75) is 12.3 Å². The zero-order chi connectivity index (χ0) is 12.1. The van der Waals surface area contributed by atoms with E-state index in [-0.39, 0.29) is 23.6 Å². The highest BCUT2D eigenvalue weighted by molar-refractivity contribution is 6.31. The van der Waals surface area contributed by atoms with Crippen molar-refractivity contribution in [3.63, 3.8) is 0 Å². The van der Waals surface area contributed by atoms with E-state index >= 15 is 0 Å². The van der Waals surface area contributed by atoms with Gasteiger partial charge in [0.05, 0.1) is 13.5 Å². The lowest BCUT2D eigenvalue weighted by Gasteiger charge is -2.16. The summed E-state index contributed by atoms with van der Waals surface area (Å²) in [7, 11) is 1.28. The fourth-order valence-corrected chi connectivity index (χ4v) is 1.81. The molecular formula is C11H13ClFNO2. The van der Waals surface area contributed by atoms with E-state index in [9.17, 15) is 9.18 Å². The first-order valence-electron chi connectivity index (χ1n) is 4.81. The SMILES string of the molecule is COC(=O)CC(CN)c1c(F)cccc1Cl. The molecule has 16 heavy (non-hydrogen) atoms. The Labute approximate surface area is 98.3 Å². The lowest BCUT2D eigenvalue weighted by molar-refractivity contribution is -0.141. The number of rotatable bonds is 4. The molecule has 5 heteroatoms. The summed E-state index contributed by atoms with van der Waals surface area (Å²) in [5.74, 6) is -1.34. The molecule has 1 aromatic rings. The Morgan fingerprint density at radius 2 is 2.31 bits per heavy atom. The van der Waals surface area contributed by atoms with Crippen LogP contribution < -0.4 is 5.73 Å². The molecule has 2 N–H and O–H groups in total. The van der Waals surface area contributed by atoms with E-state index < -0.39 is 17.7 Å². The van der Waals surface area contributed by atoms with Crippen LogP contribution >= 0.6 is 11.6 Å². The van der Waals surface area contributed by atoms with Gasteiger partial charge in [0.2, 0.25) is 0 Å². The van der Waals surface area contributed by atoms with Gasteiger partial charge in [-0.3, -0.25) is 4.79 Å². The lowest BCUT2D eigenvalue weighted by Crippen LogP contribution is -2.18.